The number of ether oxygens (including phenoxy) is 1. The zero-order chi connectivity index (χ0) is 10.7. The van der Waals surface area contributed by atoms with Gasteiger partial charge < -0.3 is 10.1 Å². The number of esters is 1. The molecule has 1 aromatic rings. The van der Waals surface area contributed by atoms with Crippen molar-refractivity contribution in [1.29, 1.82) is 0 Å². The van der Waals surface area contributed by atoms with E-state index in [1.54, 1.807) is 7.05 Å². The molecule has 7 heteroatoms. The lowest BCUT2D eigenvalue weighted by atomic mass is 10.4. The fraction of sp³-hybridized carbons (Fsp3) is 0.286. The second kappa shape index (κ2) is 4.56. The summed E-state index contributed by atoms with van der Waals surface area (Å²) in [6, 6.07) is 0. The molecule has 0 aliphatic rings. The predicted molar refractivity (Wildman–Crippen MR) is 55.6 cm³/mol. The van der Waals surface area contributed by atoms with Crippen molar-refractivity contribution in [3.63, 3.8) is 0 Å². The standard InChI is InChI=1S/C7H7BrClN3O2/c1-10-6-5(9)11-3(4(8)12-6)7(13)14-2/h1-2H3,(H,10,12). The third-order valence-electron chi connectivity index (χ3n) is 1.43. The van der Waals surface area contributed by atoms with Gasteiger partial charge in [-0.2, -0.15) is 0 Å². The van der Waals surface area contributed by atoms with Crippen molar-refractivity contribution in [3.05, 3.63) is 15.5 Å². The van der Waals surface area contributed by atoms with Crippen LogP contribution in [0.1, 0.15) is 10.5 Å². The molecular weight excluding hydrogens is 273 g/mol. The van der Waals surface area contributed by atoms with E-state index in [0.717, 1.165) is 0 Å². The summed E-state index contributed by atoms with van der Waals surface area (Å²) in [5, 5.41) is 2.85. The first-order chi connectivity index (χ1) is 6.60. The Morgan fingerprint density at radius 1 is 1.57 bits per heavy atom. The summed E-state index contributed by atoms with van der Waals surface area (Å²) in [6.07, 6.45) is 0. The molecule has 0 radical (unpaired) electrons. The van der Waals surface area contributed by atoms with Crippen molar-refractivity contribution < 1.29 is 9.53 Å². The molecule has 0 saturated heterocycles. The van der Waals surface area contributed by atoms with Crippen LogP contribution in [0.4, 0.5) is 5.82 Å². The molecule has 1 rings (SSSR count). The number of nitrogens with one attached hydrogen (secondary N) is 1. The Bertz CT molecular complexity index is 372. The lowest BCUT2D eigenvalue weighted by molar-refractivity contribution is 0.0592. The molecule has 0 amide bonds. The van der Waals surface area contributed by atoms with Crippen molar-refractivity contribution in [3.8, 4) is 0 Å². The van der Waals surface area contributed by atoms with Crippen LogP contribution in [0.15, 0.2) is 4.60 Å². The Morgan fingerprint density at radius 3 is 2.71 bits per heavy atom. The van der Waals surface area contributed by atoms with Crippen LogP contribution in [0.25, 0.3) is 0 Å². The lowest BCUT2D eigenvalue weighted by Crippen LogP contribution is -2.08. The summed E-state index contributed by atoms with van der Waals surface area (Å²) >= 11 is 8.83. The van der Waals surface area contributed by atoms with Gasteiger partial charge in [0.2, 0.25) is 0 Å². The zero-order valence-electron chi connectivity index (χ0n) is 7.47. The first-order valence-electron chi connectivity index (χ1n) is 3.59. The van der Waals surface area contributed by atoms with Crippen LogP contribution >= 0.6 is 27.5 Å². The predicted octanol–water partition coefficient (Wildman–Crippen LogP) is 1.72. The lowest BCUT2D eigenvalue weighted by Gasteiger charge is -2.05. The van der Waals surface area contributed by atoms with Gasteiger partial charge in [-0.25, -0.2) is 14.8 Å². The van der Waals surface area contributed by atoms with E-state index < -0.39 is 5.97 Å². The molecule has 1 N–H and O–H groups in total. The largest absolute Gasteiger partial charge is 0.464 e. The number of carbonyl (C=O) groups excluding carboxylic acids is 1. The summed E-state index contributed by atoms with van der Waals surface area (Å²) in [4.78, 5) is 19.0. The number of methoxy groups -OCH3 is 1. The number of nitrogens with zero attached hydrogens (tertiary/aromatic N) is 2. The van der Waals surface area contributed by atoms with Crippen LogP contribution in [0.3, 0.4) is 0 Å². The molecule has 76 valence electrons. The Labute approximate surface area is 94.0 Å². The smallest absolute Gasteiger partial charge is 0.359 e. The van der Waals surface area contributed by atoms with E-state index in [2.05, 4.69) is 36.0 Å². The van der Waals surface area contributed by atoms with E-state index in [1.807, 2.05) is 0 Å². The number of rotatable bonds is 2. The monoisotopic (exact) mass is 279 g/mol. The molecule has 0 aliphatic heterocycles. The fourth-order valence-electron chi connectivity index (χ4n) is 0.780. The number of halogens is 2. The van der Waals surface area contributed by atoms with Gasteiger partial charge in [0.05, 0.1) is 7.11 Å². The van der Waals surface area contributed by atoms with Crippen molar-refractivity contribution >= 4 is 39.3 Å². The molecule has 0 atom stereocenters. The molecule has 0 aliphatic carbocycles. The van der Waals surface area contributed by atoms with Gasteiger partial charge in [0.25, 0.3) is 0 Å². The van der Waals surface area contributed by atoms with Gasteiger partial charge in [0.15, 0.2) is 16.7 Å². The second-order valence-corrected chi connectivity index (χ2v) is 3.35. The third kappa shape index (κ3) is 2.13. The molecule has 1 heterocycles. The van der Waals surface area contributed by atoms with E-state index in [1.165, 1.54) is 7.11 Å². The van der Waals surface area contributed by atoms with Crippen LogP contribution in [-0.4, -0.2) is 30.1 Å². The molecule has 0 fully saturated rings. The van der Waals surface area contributed by atoms with Crippen LogP contribution in [0, 0.1) is 0 Å². The number of aromatic nitrogens is 2. The Hall–Kier alpha value is -0.880. The number of anilines is 1. The average molecular weight is 281 g/mol. The molecule has 0 bridgehead atoms. The minimum Gasteiger partial charge on any atom is -0.464 e. The van der Waals surface area contributed by atoms with E-state index >= 15 is 0 Å². The summed E-state index contributed by atoms with van der Waals surface area (Å²) in [6.45, 7) is 0. The minimum absolute atomic E-state index is 0.0523. The van der Waals surface area contributed by atoms with Gasteiger partial charge in [-0.3, -0.25) is 0 Å². The van der Waals surface area contributed by atoms with Crippen LogP contribution in [0.2, 0.25) is 5.15 Å². The number of carbonyl (C=O) groups is 1. The molecule has 0 aromatic carbocycles. The summed E-state index contributed by atoms with van der Waals surface area (Å²) in [7, 11) is 2.91. The maximum atomic E-state index is 11.2. The number of hydrogen-bond donors (Lipinski definition) is 1. The molecule has 1 aromatic heterocycles. The van der Waals surface area contributed by atoms with E-state index in [-0.39, 0.29) is 15.5 Å². The summed E-state index contributed by atoms with van der Waals surface area (Å²) < 4.78 is 4.79. The topological polar surface area (TPSA) is 64.1 Å². The van der Waals surface area contributed by atoms with Gasteiger partial charge in [-0.1, -0.05) is 11.6 Å². The molecular formula is C7H7BrClN3O2. The van der Waals surface area contributed by atoms with Gasteiger partial charge in [-0.05, 0) is 15.9 Å². The maximum absolute atomic E-state index is 11.2. The van der Waals surface area contributed by atoms with Gasteiger partial charge >= 0.3 is 5.97 Å². The minimum atomic E-state index is -0.589. The molecule has 0 spiro atoms. The van der Waals surface area contributed by atoms with Gasteiger partial charge in [-0.15, -0.1) is 0 Å². The van der Waals surface area contributed by atoms with E-state index in [4.69, 9.17) is 11.6 Å². The maximum Gasteiger partial charge on any atom is 0.359 e. The van der Waals surface area contributed by atoms with Crippen molar-refractivity contribution in [2.45, 2.75) is 0 Å². The molecule has 14 heavy (non-hydrogen) atoms. The fourth-order valence-corrected chi connectivity index (χ4v) is 1.43. The third-order valence-corrected chi connectivity index (χ3v) is 2.24. The molecule has 5 nitrogen and oxygen atoms in total. The molecule has 0 saturated carbocycles. The molecule has 0 unspecified atom stereocenters. The highest BCUT2D eigenvalue weighted by Gasteiger charge is 2.16. The Balaban J connectivity index is 3.21. The SMILES string of the molecule is CNc1nc(Br)c(C(=O)OC)nc1Cl. The second-order valence-electron chi connectivity index (χ2n) is 2.24. The highest BCUT2D eigenvalue weighted by molar-refractivity contribution is 9.10. The highest BCUT2D eigenvalue weighted by atomic mass is 79.9. The van der Waals surface area contributed by atoms with Crippen LogP contribution < -0.4 is 5.32 Å². The Morgan fingerprint density at radius 2 is 2.21 bits per heavy atom. The van der Waals surface area contributed by atoms with E-state index in [9.17, 15) is 4.79 Å². The highest BCUT2D eigenvalue weighted by Crippen LogP contribution is 2.22. The first-order valence-corrected chi connectivity index (χ1v) is 4.76. The number of hydrogen-bond acceptors (Lipinski definition) is 5. The van der Waals surface area contributed by atoms with Gasteiger partial charge in [0.1, 0.15) is 4.60 Å². The summed E-state index contributed by atoms with van der Waals surface area (Å²) in [5.41, 5.74) is 0.0523. The van der Waals surface area contributed by atoms with Crippen molar-refractivity contribution in [2.75, 3.05) is 19.5 Å². The average Bonchev–Trinajstić information content (AvgIpc) is 2.19. The Kier molecular flexibility index (Phi) is 3.65. The van der Waals surface area contributed by atoms with Crippen molar-refractivity contribution in [1.82, 2.24) is 9.97 Å². The van der Waals surface area contributed by atoms with E-state index in [0.29, 0.717) is 5.82 Å². The van der Waals surface area contributed by atoms with Crippen LogP contribution in [-0.2, 0) is 4.74 Å². The zero-order valence-corrected chi connectivity index (χ0v) is 9.81. The quantitative estimate of drug-likeness (QED) is 0.836. The first kappa shape index (κ1) is 11.2. The van der Waals surface area contributed by atoms with Gasteiger partial charge in [0, 0.05) is 7.05 Å². The normalized spacial score (nSPS) is 9.71. The van der Waals surface area contributed by atoms with Crippen LogP contribution in [0.5, 0.6) is 0 Å². The summed E-state index contributed by atoms with van der Waals surface area (Å²) in [5.74, 6) is -0.194. The van der Waals surface area contributed by atoms with Crippen molar-refractivity contribution in [2.24, 2.45) is 0 Å².